The zero-order chi connectivity index (χ0) is 22.0. The lowest BCUT2D eigenvalue weighted by Gasteiger charge is -2.36. The number of anilines is 2. The molecule has 10 nitrogen and oxygen atoms in total. The lowest BCUT2D eigenvalue weighted by Crippen LogP contribution is -2.47. The molecular formula is C18H17F3N8O2. The number of nitroso groups, excluding NO2 is 1. The van der Waals surface area contributed by atoms with Crippen molar-refractivity contribution in [2.45, 2.75) is 12.8 Å². The zero-order valence-corrected chi connectivity index (χ0v) is 16.1. The van der Waals surface area contributed by atoms with Gasteiger partial charge in [-0.2, -0.15) is 23.3 Å². The molecule has 1 aliphatic heterocycles. The summed E-state index contributed by atoms with van der Waals surface area (Å²) >= 11 is 0. The van der Waals surface area contributed by atoms with Crippen molar-refractivity contribution in [1.82, 2.24) is 24.3 Å². The minimum Gasteiger partial charge on any atom is -0.368 e. The third-order valence-electron chi connectivity index (χ3n) is 4.87. The van der Waals surface area contributed by atoms with Crippen LogP contribution in [0.5, 0.6) is 0 Å². The maximum atomic E-state index is 12.7. The number of piperazine rings is 1. The van der Waals surface area contributed by atoms with Crippen LogP contribution in [0.25, 0.3) is 0 Å². The average Bonchev–Trinajstić information content (AvgIpc) is 3.25. The van der Waals surface area contributed by atoms with E-state index in [2.05, 4.69) is 25.1 Å². The van der Waals surface area contributed by atoms with Crippen molar-refractivity contribution in [3.63, 3.8) is 0 Å². The van der Waals surface area contributed by atoms with Crippen molar-refractivity contribution in [3.05, 3.63) is 63.9 Å². The molecule has 13 heteroatoms. The monoisotopic (exact) mass is 434 g/mol. The highest BCUT2D eigenvalue weighted by Gasteiger charge is 2.33. The van der Waals surface area contributed by atoms with Crippen LogP contribution in [0.1, 0.15) is 5.69 Å². The van der Waals surface area contributed by atoms with Crippen LogP contribution in [-0.4, -0.2) is 50.5 Å². The highest BCUT2D eigenvalue weighted by Crippen LogP contribution is 2.27. The lowest BCUT2D eigenvalue weighted by molar-refractivity contribution is -0.141. The van der Waals surface area contributed by atoms with Crippen LogP contribution in [-0.2, 0) is 12.8 Å². The molecule has 3 aromatic rings. The van der Waals surface area contributed by atoms with Crippen molar-refractivity contribution in [2.75, 3.05) is 36.0 Å². The summed E-state index contributed by atoms with van der Waals surface area (Å²) in [5, 5.41) is 6.30. The van der Waals surface area contributed by atoms with Gasteiger partial charge in [0.2, 0.25) is 5.95 Å². The Morgan fingerprint density at radius 1 is 1.00 bits per heavy atom. The molecule has 0 amide bonds. The Hall–Kier alpha value is -3.77. The summed E-state index contributed by atoms with van der Waals surface area (Å²) in [5.74, 6) is 0.262. The third kappa shape index (κ3) is 4.54. The van der Waals surface area contributed by atoms with Gasteiger partial charge in [0.25, 0.3) is 0 Å². The van der Waals surface area contributed by atoms with Gasteiger partial charge in [0.05, 0.1) is 0 Å². The molecule has 0 bridgehead atoms. The molecule has 0 aliphatic carbocycles. The Morgan fingerprint density at radius 3 is 2.26 bits per heavy atom. The van der Waals surface area contributed by atoms with E-state index in [9.17, 15) is 22.9 Å². The summed E-state index contributed by atoms with van der Waals surface area (Å²) in [5.41, 5.74) is -0.344. The fraction of sp³-hybridized carbons (Fsp3) is 0.333. The van der Waals surface area contributed by atoms with E-state index in [1.165, 1.54) is 6.33 Å². The van der Waals surface area contributed by atoms with Crippen molar-refractivity contribution in [1.29, 1.82) is 0 Å². The number of aromatic nitrogens is 5. The molecule has 0 spiro atoms. The summed E-state index contributed by atoms with van der Waals surface area (Å²) in [6, 6.07) is 7.78. The number of hydrogen-bond donors (Lipinski definition) is 0. The van der Waals surface area contributed by atoms with Gasteiger partial charge in [-0.3, -0.25) is 9.25 Å². The Bertz CT molecular complexity index is 1120. The summed E-state index contributed by atoms with van der Waals surface area (Å²) < 4.78 is 40.0. The predicted molar refractivity (Wildman–Crippen MR) is 105 cm³/mol. The number of rotatable bonds is 5. The SMILES string of the molecule is O=Nc1ccc(N2CCN(c3ncn(Cn4ccc(C(F)(F)F)n4)c(=O)n3)CC2)cc1. The van der Waals surface area contributed by atoms with Crippen molar-refractivity contribution in [3.8, 4) is 0 Å². The Balaban J connectivity index is 1.40. The largest absolute Gasteiger partial charge is 0.435 e. The van der Waals surface area contributed by atoms with Crippen LogP contribution >= 0.6 is 0 Å². The van der Waals surface area contributed by atoms with E-state index in [1.54, 1.807) is 12.1 Å². The maximum absolute atomic E-state index is 12.7. The quantitative estimate of drug-likeness (QED) is 0.567. The summed E-state index contributed by atoms with van der Waals surface area (Å²) in [6.07, 6.45) is -2.16. The van der Waals surface area contributed by atoms with Crippen molar-refractivity contribution >= 4 is 17.3 Å². The van der Waals surface area contributed by atoms with Gasteiger partial charge in [-0.25, -0.2) is 9.78 Å². The van der Waals surface area contributed by atoms with Gasteiger partial charge in [-0.15, -0.1) is 4.91 Å². The second-order valence-electron chi connectivity index (χ2n) is 6.87. The molecule has 1 saturated heterocycles. The van der Waals surface area contributed by atoms with Crippen LogP contribution in [0.2, 0.25) is 0 Å². The molecule has 31 heavy (non-hydrogen) atoms. The van der Waals surface area contributed by atoms with Gasteiger partial charge < -0.3 is 9.80 Å². The van der Waals surface area contributed by atoms with Gasteiger partial charge >= 0.3 is 11.9 Å². The molecule has 4 rings (SSSR count). The first-order valence-electron chi connectivity index (χ1n) is 9.31. The topological polar surface area (TPSA) is 102 Å². The first-order valence-corrected chi connectivity index (χ1v) is 9.31. The van der Waals surface area contributed by atoms with Gasteiger partial charge in [-0.05, 0) is 35.5 Å². The summed E-state index contributed by atoms with van der Waals surface area (Å²) in [6.45, 7) is 2.24. The molecular weight excluding hydrogens is 417 g/mol. The Kier molecular flexibility index (Phi) is 5.40. The number of halogens is 3. The minimum absolute atomic E-state index is 0.228. The van der Waals surface area contributed by atoms with E-state index in [-0.39, 0.29) is 12.6 Å². The van der Waals surface area contributed by atoms with Crippen LogP contribution in [0.15, 0.2) is 52.8 Å². The third-order valence-corrected chi connectivity index (χ3v) is 4.87. The minimum atomic E-state index is -4.55. The second-order valence-corrected chi connectivity index (χ2v) is 6.87. The summed E-state index contributed by atoms with van der Waals surface area (Å²) in [4.78, 5) is 35.0. The number of hydrogen-bond acceptors (Lipinski definition) is 8. The zero-order valence-electron chi connectivity index (χ0n) is 16.1. The van der Waals surface area contributed by atoms with E-state index in [4.69, 9.17) is 0 Å². The lowest BCUT2D eigenvalue weighted by atomic mass is 10.2. The van der Waals surface area contributed by atoms with Crippen LogP contribution < -0.4 is 15.5 Å². The number of alkyl halides is 3. The van der Waals surface area contributed by atoms with Gasteiger partial charge in [0, 0.05) is 38.1 Å². The van der Waals surface area contributed by atoms with Gasteiger partial charge in [0.15, 0.2) is 5.69 Å². The molecule has 0 radical (unpaired) electrons. The van der Waals surface area contributed by atoms with E-state index in [1.807, 2.05) is 17.0 Å². The smallest absolute Gasteiger partial charge is 0.368 e. The normalized spacial score (nSPS) is 14.7. The van der Waals surface area contributed by atoms with Gasteiger partial charge in [0.1, 0.15) is 18.7 Å². The highest BCUT2D eigenvalue weighted by molar-refractivity contribution is 5.53. The van der Waals surface area contributed by atoms with Crippen LogP contribution in [0, 0.1) is 4.91 Å². The first-order chi connectivity index (χ1) is 14.8. The van der Waals surface area contributed by atoms with E-state index in [0.29, 0.717) is 31.9 Å². The maximum Gasteiger partial charge on any atom is 0.435 e. The fourth-order valence-electron chi connectivity index (χ4n) is 3.24. The molecule has 0 unspecified atom stereocenters. The molecule has 1 aromatic carbocycles. The Morgan fingerprint density at radius 2 is 1.68 bits per heavy atom. The Labute approximate surface area is 173 Å². The number of benzene rings is 1. The molecule has 0 saturated carbocycles. The molecule has 0 atom stereocenters. The molecule has 162 valence electrons. The standard InChI is InChI=1S/C18H17F3N8O2/c19-18(20,21)15-5-6-29(24-15)12-28-11-22-16(23-17(28)30)27-9-7-26(8-10-27)14-3-1-13(25-31)2-4-14/h1-6,11H,7-10,12H2. The molecule has 1 fully saturated rings. The van der Waals surface area contributed by atoms with E-state index < -0.39 is 17.6 Å². The molecule has 0 N–H and O–H groups in total. The van der Waals surface area contributed by atoms with E-state index in [0.717, 1.165) is 27.2 Å². The molecule has 1 aliphatic rings. The highest BCUT2D eigenvalue weighted by atomic mass is 19.4. The van der Waals surface area contributed by atoms with Gasteiger partial charge in [-0.1, -0.05) is 0 Å². The number of nitrogens with zero attached hydrogens (tertiary/aromatic N) is 8. The van der Waals surface area contributed by atoms with Crippen molar-refractivity contribution in [2.24, 2.45) is 5.18 Å². The van der Waals surface area contributed by atoms with Crippen LogP contribution in [0.4, 0.5) is 30.5 Å². The van der Waals surface area contributed by atoms with E-state index >= 15 is 0 Å². The van der Waals surface area contributed by atoms with Crippen molar-refractivity contribution < 1.29 is 13.2 Å². The van der Waals surface area contributed by atoms with Crippen LogP contribution in [0.3, 0.4) is 0 Å². The average molecular weight is 434 g/mol. The second kappa shape index (κ2) is 8.16. The molecule has 3 heterocycles. The molecule has 2 aromatic heterocycles. The summed E-state index contributed by atoms with van der Waals surface area (Å²) in [7, 11) is 0. The first kappa shape index (κ1) is 20.5. The fourth-order valence-corrected chi connectivity index (χ4v) is 3.24. The predicted octanol–water partition coefficient (Wildman–Crippen LogP) is 2.08.